The second kappa shape index (κ2) is 7.03. The number of fused-ring (bicyclic) bond motifs is 3. The third-order valence-corrected chi connectivity index (χ3v) is 6.13. The molecule has 0 bridgehead atoms. The van der Waals surface area contributed by atoms with Crippen LogP contribution in [0.5, 0.6) is 0 Å². The van der Waals surface area contributed by atoms with E-state index in [0.29, 0.717) is 30.6 Å². The van der Waals surface area contributed by atoms with Gasteiger partial charge in [-0.25, -0.2) is 0 Å². The molecule has 6 heteroatoms. The van der Waals surface area contributed by atoms with Gasteiger partial charge in [-0.05, 0) is 43.5 Å². The summed E-state index contributed by atoms with van der Waals surface area (Å²) in [5.74, 6) is -0.369. The van der Waals surface area contributed by atoms with Gasteiger partial charge in [0, 0.05) is 20.0 Å². The SMILES string of the molecule is Cc1ccccc1CN(C)C(=O)CN1C(=O)c2ccccc2N2C(=O)CCC12C. The number of carbonyl (C=O) groups excluding carboxylic acids is 3. The van der Waals surface area contributed by atoms with Gasteiger partial charge in [0.2, 0.25) is 11.8 Å². The Balaban J connectivity index is 1.61. The highest BCUT2D eigenvalue weighted by Crippen LogP contribution is 2.43. The number of carbonyl (C=O) groups is 3. The molecule has 0 N–H and O–H groups in total. The Morgan fingerprint density at radius 3 is 2.55 bits per heavy atom. The van der Waals surface area contributed by atoms with Gasteiger partial charge in [-0.1, -0.05) is 36.4 Å². The van der Waals surface area contributed by atoms with Crippen molar-refractivity contribution in [2.75, 3.05) is 18.5 Å². The van der Waals surface area contributed by atoms with Gasteiger partial charge in [-0.2, -0.15) is 0 Å². The first kappa shape index (κ1) is 19.2. The Bertz CT molecular complexity index is 1000. The fourth-order valence-electron chi connectivity index (χ4n) is 4.33. The van der Waals surface area contributed by atoms with Crippen LogP contribution in [0.4, 0.5) is 5.69 Å². The molecule has 29 heavy (non-hydrogen) atoms. The predicted octanol–water partition coefficient (Wildman–Crippen LogP) is 2.95. The number of hydrogen-bond acceptors (Lipinski definition) is 3. The lowest BCUT2D eigenvalue weighted by Gasteiger charge is -2.48. The molecule has 1 unspecified atom stereocenters. The summed E-state index contributed by atoms with van der Waals surface area (Å²) in [6, 6.07) is 15.1. The molecule has 0 aromatic heterocycles. The summed E-state index contributed by atoms with van der Waals surface area (Å²) in [7, 11) is 1.75. The summed E-state index contributed by atoms with van der Waals surface area (Å²) >= 11 is 0. The second-order valence-corrected chi connectivity index (χ2v) is 8.03. The lowest BCUT2D eigenvalue weighted by molar-refractivity contribution is -0.132. The summed E-state index contributed by atoms with van der Waals surface area (Å²) in [4.78, 5) is 43.8. The van der Waals surface area contributed by atoms with Gasteiger partial charge in [-0.15, -0.1) is 0 Å². The molecular weight excluding hydrogens is 366 g/mol. The summed E-state index contributed by atoms with van der Waals surface area (Å²) in [6.45, 7) is 4.31. The highest BCUT2D eigenvalue weighted by atomic mass is 16.2. The molecule has 0 radical (unpaired) electrons. The maximum absolute atomic E-state index is 13.3. The Morgan fingerprint density at radius 2 is 1.79 bits per heavy atom. The van der Waals surface area contributed by atoms with Crippen molar-refractivity contribution < 1.29 is 14.4 Å². The van der Waals surface area contributed by atoms with Gasteiger partial charge in [0.15, 0.2) is 0 Å². The Labute approximate surface area is 170 Å². The van der Waals surface area contributed by atoms with Gasteiger partial charge in [-0.3, -0.25) is 19.3 Å². The minimum atomic E-state index is -0.818. The van der Waals surface area contributed by atoms with Gasteiger partial charge in [0.1, 0.15) is 12.2 Å². The largest absolute Gasteiger partial charge is 0.340 e. The van der Waals surface area contributed by atoms with Crippen LogP contribution in [0, 0.1) is 6.92 Å². The van der Waals surface area contributed by atoms with Crippen molar-refractivity contribution in [3.8, 4) is 0 Å². The van der Waals surface area contributed by atoms with Crippen molar-refractivity contribution in [3.63, 3.8) is 0 Å². The Morgan fingerprint density at radius 1 is 1.10 bits per heavy atom. The van der Waals surface area contributed by atoms with E-state index in [-0.39, 0.29) is 24.3 Å². The quantitative estimate of drug-likeness (QED) is 0.805. The Kier molecular flexibility index (Phi) is 4.65. The van der Waals surface area contributed by atoms with Crippen LogP contribution in [-0.4, -0.2) is 46.8 Å². The number of para-hydroxylation sites is 1. The molecule has 2 heterocycles. The molecule has 1 fully saturated rings. The van der Waals surface area contributed by atoms with E-state index < -0.39 is 5.66 Å². The molecule has 0 aliphatic carbocycles. The van der Waals surface area contributed by atoms with E-state index >= 15 is 0 Å². The first-order chi connectivity index (χ1) is 13.8. The van der Waals surface area contributed by atoms with Gasteiger partial charge >= 0.3 is 0 Å². The van der Waals surface area contributed by atoms with Gasteiger partial charge < -0.3 is 9.80 Å². The van der Waals surface area contributed by atoms with Gasteiger partial charge in [0.25, 0.3) is 5.91 Å². The zero-order valence-electron chi connectivity index (χ0n) is 17.0. The third kappa shape index (κ3) is 3.09. The number of nitrogens with zero attached hydrogens (tertiary/aromatic N) is 3. The van der Waals surface area contributed by atoms with E-state index in [9.17, 15) is 14.4 Å². The Hall–Kier alpha value is -3.15. The molecule has 4 rings (SSSR count). The maximum atomic E-state index is 13.3. The van der Waals surface area contributed by atoms with Crippen LogP contribution >= 0.6 is 0 Å². The average Bonchev–Trinajstić information content (AvgIpc) is 3.02. The normalized spacial score (nSPS) is 20.5. The lowest BCUT2D eigenvalue weighted by atomic mass is 9.98. The third-order valence-electron chi connectivity index (χ3n) is 6.13. The summed E-state index contributed by atoms with van der Waals surface area (Å²) in [6.07, 6.45) is 0.878. The molecule has 1 saturated heterocycles. The zero-order valence-corrected chi connectivity index (χ0v) is 17.0. The van der Waals surface area contributed by atoms with E-state index in [4.69, 9.17) is 0 Å². The molecule has 3 amide bonds. The molecule has 2 aliphatic heterocycles. The molecule has 1 atom stereocenters. The molecule has 0 saturated carbocycles. The number of anilines is 1. The molecule has 2 aromatic rings. The number of amides is 3. The monoisotopic (exact) mass is 391 g/mol. The first-order valence-electron chi connectivity index (χ1n) is 9.85. The average molecular weight is 391 g/mol. The number of benzene rings is 2. The predicted molar refractivity (Wildman–Crippen MR) is 110 cm³/mol. The summed E-state index contributed by atoms with van der Waals surface area (Å²) in [5, 5.41) is 0. The van der Waals surface area contributed by atoms with E-state index in [1.54, 1.807) is 39.9 Å². The van der Waals surface area contributed by atoms with Gasteiger partial charge in [0.05, 0.1) is 11.3 Å². The number of rotatable bonds is 4. The first-order valence-corrected chi connectivity index (χ1v) is 9.85. The van der Waals surface area contributed by atoms with Crippen LogP contribution in [0.1, 0.15) is 41.3 Å². The van der Waals surface area contributed by atoms with Crippen LogP contribution in [0.2, 0.25) is 0 Å². The standard InChI is InChI=1S/C23H25N3O3/c1-16-8-4-5-9-17(16)14-24(3)21(28)15-25-22(29)18-10-6-7-11-19(18)26-20(27)12-13-23(25,26)2/h4-11H,12-15H2,1-3H3. The number of aryl methyl sites for hydroxylation is 1. The zero-order chi connectivity index (χ0) is 20.8. The van der Waals surface area contributed by atoms with Crippen molar-refractivity contribution in [2.45, 2.75) is 38.9 Å². The molecule has 2 aromatic carbocycles. The smallest absolute Gasteiger partial charge is 0.258 e. The van der Waals surface area contributed by atoms with Crippen LogP contribution in [0.3, 0.4) is 0 Å². The van der Waals surface area contributed by atoms with E-state index in [2.05, 4.69) is 0 Å². The molecule has 150 valence electrons. The van der Waals surface area contributed by atoms with Crippen molar-refractivity contribution in [3.05, 3.63) is 65.2 Å². The summed E-state index contributed by atoms with van der Waals surface area (Å²) < 4.78 is 0. The maximum Gasteiger partial charge on any atom is 0.258 e. The van der Waals surface area contributed by atoms with Crippen molar-refractivity contribution in [1.82, 2.24) is 9.80 Å². The minimum absolute atomic E-state index is 0.0156. The highest BCUT2D eigenvalue weighted by molar-refractivity contribution is 6.11. The fourth-order valence-corrected chi connectivity index (χ4v) is 4.33. The fraction of sp³-hybridized carbons (Fsp3) is 0.348. The van der Waals surface area contributed by atoms with Crippen molar-refractivity contribution >= 4 is 23.4 Å². The molecule has 2 aliphatic rings. The topological polar surface area (TPSA) is 60.9 Å². The summed E-state index contributed by atoms with van der Waals surface area (Å²) in [5.41, 5.74) is 2.48. The minimum Gasteiger partial charge on any atom is -0.340 e. The van der Waals surface area contributed by atoms with E-state index in [0.717, 1.165) is 11.1 Å². The highest BCUT2D eigenvalue weighted by Gasteiger charge is 2.53. The molecule has 0 spiro atoms. The molecule has 6 nitrogen and oxygen atoms in total. The van der Waals surface area contributed by atoms with Crippen molar-refractivity contribution in [2.24, 2.45) is 0 Å². The van der Waals surface area contributed by atoms with Crippen LogP contribution in [0.25, 0.3) is 0 Å². The number of likely N-dealkylation sites (N-methyl/N-ethyl adjacent to an activating group) is 1. The molecular formula is C23H25N3O3. The van der Waals surface area contributed by atoms with E-state index in [1.807, 2.05) is 44.2 Å². The second-order valence-electron chi connectivity index (χ2n) is 8.03. The van der Waals surface area contributed by atoms with Crippen LogP contribution in [0.15, 0.2) is 48.5 Å². The lowest BCUT2D eigenvalue weighted by Crippen LogP contribution is -2.63. The van der Waals surface area contributed by atoms with Crippen LogP contribution in [-0.2, 0) is 16.1 Å². The van der Waals surface area contributed by atoms with Crippen LogP contribution < -0.4 is 4.90 Å². The van der Waals surface area contributed by atoms with Crippen molar-refractivity contribution in [1.29, 1.82) is 0 Å². The van der Waals surface area contributed by atoms with E-state index in [1.165, 1.54) is 0 Å². The number of hydrogen-bond donors (Lipinski definition) is 0.